The molecule has 0 radical (unpaired) electrons. The van der Waals surface area contributed by atoms with Crippen LogP contribution in [0.2, 0.25) is 0 Å². The van der Waals surface area contributed by atoms with Crippen molar-refractivity contribution in [3.05, 3.63) is 35.4 Å². The summed E-state index contributed by atoms with van der Waals surface area (Å²) in [7, 11) is 1.72. The highest BCUT2D eigenvalue weighted by molar-refractivity contribution is 14.0. The lowest BCUT2D eigenvalue weighted by Crippen LogP contribution is -2.45. The molecule has 0 aromatic heterocycles. The lowest BCUT2D eigenvalue weighted by atomic mass is 10.1. The van der Waals surface area contributed by atoms with Crippen molar-refractivity contribution < 1.29 is 8.78 Å². The number of aliphatic imine (C=N–C) groups is 1. The first-order valence-corrected chi connectivity index (χ1v) is 9.31. The van der Waals surface area contributed by atoms with Gasteiger partial charge in [0.2, 0.25) is 0 Å². The monoisotopic (exact) mass is 478 g/mol. The SMILES string of the molecule is CN=C(NCCc1c(F)cccc1F)NC1CCN(C2CCCC2)C1.I. The molecule has 1 saturated carbocycles. The minimum absolute atomic E-state index is 0. The maximum absolute atomic E-state index is 13.7. The minimum Gasteiger partial charge on any atom is -0.356 e. The van der Waals surface area contributed by atoms with Gasteiger partial charge in [0.05, 0.1) is 0 Å². The van der Waals surface area contributed by atoms with E-state index in [0.717, 1.165) is 25.6 Å². The van der Waals surface area contributed by atoms with Gasteiger partial charge in [0, 0.05) is 44.3 Å². The van der Waals surface area contributed by atoms with Gasteiger partial charge in [0.15, 0.2) is 5.96 Å². The van der Waals surface area contributed by atoms with Gasteiger partial charge in [-0.2, -0.15) is 0 Å². The summed E-state index contributed by atoms with van der Waals surface area (Å²) in [4.78, 5) is 6.83. The molecule has 26 heavy (non-hydrogen) atoms. The summed E-state index contributed by atoms with van der Waals surface area (Å²) in [5, 5.41) is 6.61. The van der Waals surface area contributed by atoms with Gasteiger partial charge in [0.25, 0.3) is 0 Å². The molecular weight excluding hydrogens is 449 g/mol. The zero-order chi connectivity index (χ0) is 17.6. The van der Waals surface area contributed by atoms with Crippen LogP contribution in [0.4, 0.5) is 8.78 Å². The lowest BCUT2D eigenvalue weighted by molar-refractivity contribution is 0.242. The largest absolute Gasteiger partial charge is 0.356 e. The van der Waals surface area contributed by atoms with Crippen LogP contribution in [0.15, 0.2) is 23.2 Å². The molecular formula is C19H29F2IN4. The van der Waals surface area contributed by atoms with Crippen molar-refractivity contribution in [2.45, 2.75) is 50.6 Å². The fourth-order valence-corrected chi connectivity index (χ4v) is 3.97. The Morgan fingerprint density at radius 2 is 1.88 bits per heavy atom. The first-order chi connectivity index (χ1) is 12.2. The van der Waals surface area contributed by atoms with Crippen LogP contribution in [-0.4, -0.2) is 49.6 Å². The number of rotatable bonds is 5. The van der Waals surface area contributed by atoms with Crippen LogP contribution in [-0.2, 0) is 6.42 Å². The second-order valence-corrected chi connectivity index (χ2v) is 7.01. The average molecular weight is 478 g/mol. The van der Waals surface area contributed by atoms with Crippen LogP contribution >= 0.6 is 24.0 Å². The molecule has 4 nitrogen and oxygen atoms in total. The fourth-order valence-electron chi connectivity index (χ4n) is 3.97. The Hall–Kier alpha value is -0.960. The molecule has 3 rings (SSSR count). The maximum Gasteiger partial charge on any atom is 0.191 e. The highest BCUT2D eigenvalue weighted by Crippen LogP contribution is 2.26. The van der Waals surface area contributed by atoms with E-state index in [1.54, 1.807) is 7.05 Å². The Morgan fingerprint density at radius 3 is 2.54 bits per heavy atom. The molecule has 1 aliphatic heterocycles. The minimum atomic E-state index is -0.493. The number of likely N-dealkylation sites (tertiary alicyclic amines) is 1. The van der Waals surface area contributed by atoms with E-state index in [-0.39, 0.29) is 36.0 Å². The molecule has 7 heteroatoms. The molecule has 1 aliphatic carbocycles. The summed E-state index contributed by atoms with van der Waals surface area (Å²) in [6, 6.07) is 5.12. The van der Waals surface area contributed by atoms with Gasteiger partial charge in [-0.1, -0.05) is 18.9 Å². The third-order valence-corrected chi connectivity index (χ3v) is 5.35. The van der Waals surface area contributed by atoms with Crippen molar-refractivity contribution in [3.8, 4) is 0 Å². The van der Waals surface area contributed by atoms with Crippen molar-refractivity contribution in [2.24, 2.45) is 4.99 Å². The molecule has 1 aromatic carbocycles. The molecule has 1 unspecified atom stereocenters. The Bertz CT molecular complexity index is 585. The molecule has 1 heterocycles. The van der Waals surface area contributed by atoms with E-state index in [2.05, 4.69) is 20.5 Å². The zero-order valence-electron chi connectivity index (χ0n) is 15.3. The first-order valence-electron chi connectivity index (χ1n) is 9.31. The van der Waals surface area contributed by atoms with E-state index in [0.29, 0.717) is 18.5 Å². The molecule has 0 spiro atoms. The number of hydrogen-bond donors (Lipinski definition) is 2. The zero-order valence-corrected chi connectivity index (χ0v) is 17.6. The molecule has 1 atom stereocenters. The third kappa shape index (κ3) is 5.52. The van der Waals surface area contributed by atoms with Crippen molar-refractivity contribution in [1.29, 1.82) is 0 Å². The first kappa shape index (κ1) is 21.3. The summed E-state index contributed by atoms with van der Waals surface area (Å²) in [6.07, 6.45) is 6.77. The molecule has 0 amide bonds. The predicted molar refractivity (Wildman–Crippen MR) is 112 cm³/mol. The standard InChI is InChI=1S/C19H28F2N4.HI/c1-22-19(23-11-9-16-17(20)7-4-8-18(16)21)24-14-10-12-25(13-14)15-5-2-3-6-15;/h4,7-8,14-15H,2-3,5-6,9-13H2,1H3,(H2,22,23,24);1H. The van der Waals surface area contributed by atoms with Crippen LogP contribution in [0.25, 0.3) is 0 Å². The number of hydrogen-bond acceptors (Lipinski definition) is 2. The van der Waals surface area contributed by atoms with E-state index in [1.807, 2.05) is 0 Å². The topological polar surface area (TPSA) is 39.7 Å². The van der Waals surface area contributed by atoms with Gasteiger partial charge in [-0.05, 0) is 37.8 Å². The number of nitrogens with one attached hydrogen (secondary N) is 2. The molecule has 146 valence electrons. The van der Waals surface area contributed by atoms with Gasteiger partial charge >= 0.3 is 0 Å². The summed E-state index contributed by atoms with van der Waals surface area (Å²) in [6.45, 7) is 2.63. The van der Waals surface area contributed by atoms with Gasteiger partial charge in [-0.15, -0.1) is 24.0 Å². The normalized spacial score (nSPS) is 21.7. The van der Waals surface area contributed by atoms with Crippen LogP contribution in [0.1, 0.15) is 37.7 Å². The molecule has 2 fully saturated rings. The molecule has 2 N–H and O–H groups in total. The Kier molecular flexibility index (Phi) is 8.53. The van der Waals surface area contributed by atoms with Crippen LogP contribution in [0, 0.1) is 11.6 Å². The van der Waals surface area contributed by atoms with Crippen molar-refractivity contribution in [3.63, 3.8) is 0 Å². The van der Waals surface area contributed by atoms with Gasteiger partial charge in [-0.25, -0.2) is 8.78 Å². The Balaban J connectivity index is 0.00000243. The molecule has 2 aliphatic rings. The van der Waals surface area contributed by atoms with E-state index in [1.165, 1.54) is 43.9 Å². The van der Waals surface area contributed by atoms with Crippen molar-refractivity contribution >= 4 is 29.9 Å². The second kappa shape index (κ2) is 10.4. The van der Waals surface area contributed by atoms with E-state index in [4.69, 9.17) is 0 Å². The summed E-state index contributed by atoms with van der Waals surface area (Å²) >= 11 is 0. The number of guanidine groups is 1. The van der Waals surface area contributed by atoms with Gasteiger partial charge in [-0.3, -0.25) is 9.89 Å². The van der Waals surface area contributed by atoms with Crippen LogP contribution in [0.5, 0.6) is 0 Å². The fraction of sp³-hybridized carbons (Fsp3) is 0.632. The molecule has 0 bridgehead atoms. The van der Waals surface area contributed by atoms with E-state index in [9.17, 15) is 8.78 Å². The number of halogens is 3. The lowest BCUT2D eigenvalue weighted by Gasteiger charge is -2.24. The van der Waals surface area contributed by atoms with E-state index < -0.39 is 11.6 Å². The summed E-state index contributed by atoms with van der Waals surface area (Å²) < 4.78 is 27.3. The van der Waals surface area contributed by atoms with Crippen LogP contribution < -0.4 is 10.6 Å². The average Bonchev–Trinajstić information content (AvgIpc) is 3.27. The molecule has 1 saturated heterocycles. The van der Waals surface area contributed by atoms with Gasteiger partial charge < -0.3 is 10.6 Å². The highest BCUT2D eigenvalue weighted by Gasteiger charge is 2.30. The van der Waals surface area contributed by atoms with E-state index >= 15 is 0 Å². The third-order valence-electron chi connectivity index (χ3n) is 5.35. The quantitative estimate of drug-likeness (QED) is 0.388. The number of nitrogens with zero attached hydrogens (tertiary/aromatic N) is 2. The second-order valence-electron chi connectivity index (χ2n) is 7.01. The molecule has 1 aromatic rings. The Morgan fingerprint density at radius 1 is 1.19 bits per heavy atom. The highest BCUT2D eigenvalue weighted by atomic mass is 127. The van der Waals surface area contributed by atoms with Gasteiger partial charge in [0.1, 0.15) is 11.6 Å². The summed E-state index contributed by atoms with van der Waals surface area (Å²) in [5.41, 5.74) is 0.124. The number of benzene rings is 1. The Labute approximate surface area is 171 Å². The van der Waals surface area contributed by atoms with Crippen molar-refractivity contribution in [1.82, 2.24) is 15.5 Å². The summed E-state index contributed by atoms with van der Waals surface area (Å²) in [5.74, 6) is -0.282. The van der Waals surface area contributed by atoms with Crippen molar-refractivity contribution in [2.75, 3.05) is 26.7 Å². The smallest absolute Gasteiger partial charge is 0.191 e. The van der Waals surface area contributed by atoms with Crippen LogP contribution in [0.3, 0.4) is 0 Å². The maximum atomic E-state index is 13.7. The predicted octanol–water partition coefficient (Wildman–Crippen LogP) is 3.31.